The second-order valence-electron chi connectivity index (χ2n) is 4.39. The van der Waals surface area contributed by atoms with Gasteiger partial charge in [-0.3, -0.25) is 0 Å². The van der Waals surface area contributed by atoms with Gasteiger partial charge in [-0.2, -0.15) is 0 Å². The van der Waals surface area contributed by atoms with E-state index in [-0.39, 0.29) is 0 Å². The second kappa shape index (κ2) is 3.13. The minimum atomic E-state index is 0.639. The van der Waals surface area contributed by atoms with Crippen molar-refractivity contribution < 1.29 is 5.11 Å². The van der Waals surface area contributed by atoms with E-state index in [2.05, 4.69) is 0 Å². The Morgan fingerprint density at radius 3 is 3.00 bits per heavy atom. The highest BCUT2D eigenvalue weighted by Gasteiger charge is 2.40. The van der Waals surface area contributed by atoms with Crippen LogP contribution >= 0.6 is 21.6 Å². The van der Waals surface area contributed by atoms with Crippen molar-refractivity contribution >= 4 is 21.6 Å². The molecule has 0 aromatic heterocycles. The molecule has 3 atom stereocenters. The van der Waals surface area contributed by atoms with Gasteiger partial charge in [0.2, 0.25) is 0 Å². The van der Waals surface area contributed by atoms with Gasteiger partial charge in [-0.1, -0.05) is 23.6 Å². The molecule has 0 aromatic carbocycles. The van der Waals surface area contributed by atoms with Crippen LogP contribution in [0.4, 0.5) is 0 Å². The molecule has 13 heavy (non-hydrogen) atoms. The van der Waals surface area contributed by atoms with Gasteiger partial charge in [0.25, 0.3) is 0 Å². The molecule has 1 aliphatic heterocycles. The fourth-order valence-electron chi connectivity index (χ4n) is 3.00. The molecule has 2 fully saturated rings. The average Bonchev–Trinajstić information content (AvgIpc) is 2.70. The van der Waals surface area contributed by atoms with Gasteiger partial charge >= 0.3 is 0 Å². The lowest BCUT2D eigenvalue weighted by atomic mass is 9.79. The van der Waals surface area contributed by atoms with Gasteiger partial charge in [-0.25, -0.2) is 0 Å². The first-order chi connectivity index (χ1) is 6.34. The molecule has 0 aromatic rings. The molecule has 0 saturated heterocycles. The standard InChI is InChI=1S/C10H14OS2/c11-10-8-4-6-2-1-3-7(6)5-9(8)12-13-10/h6-7,9,11H,1-5H2. The van der Waals surface area contributed by atoms with Gasteiger partial charge in [-0.05, 0) is 47.5 Å². The second-order valence-corrected chi connectivity index (χ2v) is 6.78. The third-order valence-electron chi connectivity index (χ3n) is 3.72. The average molecular weight is 214 g/mol. The van der Waals surface area contributed by atoms with Crippen LogP contribution < -0.4 is 0 Å². The normalized spacial score (nSPS) is 43.5. The van der Waals surface area contributed by atoms with E-state index in [1.807, 2.05) is 10.8 Å². The molecule has 0 bridgehead atoms. The highest BCUT2D eigenvalue weighted by Crippen LogP contribution is 2.56. The molecule has 2 aliphatic carbocycles. The smallest absolute Gasteiger partial charge is 0.161 e. The van der Waals surface area contributed by atoms with E-state index in [1.165, 1.54) is 37.7 Å². The van der Waals surface area contributed by atoms with Crippen LogP contribution in [0.2, 0.25) is 0 Å². The van der Waals surface area contributed by atoms with E-state index in [0.717, 1.165) is 11.8 Å². The maximum absolute atomic E-state index is 9.67. The Morgan fingerprint density at radius 2 is 2.08 bits per heavy atom. The van der Waals surface area contributed by atoms with Gasteiger partial charge in [-0.15, -0.1) is 0 Å². The summed E-state index contributed by atoms with van der Waals surface area (Å²) in [7, 11) is 3.47. The summed E-state index contributed by atoms with van der Waals surface area (Å²) in [4.78, 5) is 0. The Balaban J connectivity index is 1.85. The molecule has 0 radical (unpaired) electrons. The van der Waals surface area contributed by atoms with Crippen molar-refractivity contribution in [2.24, 2.45) is 11.8 Å². The molecular formula is C10H14OS2. The SMILES string of the molecule is OC1=C2CC3CCCC3CC2SS1. The van der Waals surface area contributed by atoms with Crippen LogP contribution in [-0.2, 0) is 0 Å². The summed E-state index contributed by atoms with van der Waals surface area (Å²) >= 11 is 0. The summed E-state index contributed by atoms with van der Waals surface area (Å²) in [5.41, 5.74) is 1.37. The first kappa shape index (κ1) is 8.54. The fraction of sp³-hybridized carbons (Fsp3) is 0.800. The Hall–Kier alpha value is 0.240. The first-order valence-electron chi connectivity index (χ1n) is 5.10. The van der Waals surface area contributed by atoms with Gasteiger partial charge in [0.1, 0.15) is 0 Å². The van der Waals surface area contributed by atoms with Gasteiger partial charge in [0.05, 0.1) is 0 Å². The maximum Gasteiger partial charge on any atom is 0.161 e. The summed E-state index contributed by atoms with van der Waals surface area (Å²) in [5.74, 6) is 1.89. The minimum absolute atomic E-state index is 0.639. The van der Waals surface area contributed by atoms with Crippen molar-refractivity contribution in [3.05, 3.63) is 10.7 Å². The summed E-state index contributed by atoms with van der Waals surface area (Å²) in [6.07, 6.45) is 6.81. The molecule has 2 saturated carbocycles. The first-order valence-corrected chi connectivity index (χ1v) is 7.31. The summed E-state index contributed by atoms with van der Waals surface area (Å²) in [6.45, 7) is 0. The minimum Gasteiger partial charge on any atom is -0.502 e. The zero-order valence-corrected chi connectivity index (χ0v) is 9.16. The third-order valence-corrected chi connectivity index (χ3v) is 6.41. The van der Waals surface area contributed by atoms with E-state index >= 15 is 0 Å². The molecular weight excluding hydrogens is 200 g/mol. The van der Waals surface area contributed by atoms with Gasteiger partial charge < -0.3 is 5.11 Å². The van der Waals surface area contributed by atoms with E-state index in [1.54, 1.807) is 10.8 Å². The summed E-state index contributed by atoms with van der Waals surface area (Å²) < 4.78 is 0. The van der Waals surface area contributed by atoms with Crippen LogP contribution in [-0.4, -0.2) is 10.4 Å². The van der Waals surface area contributed by atoms with Crippen molar-refractivity contribution in [3.63, 3.8) is 0 Å². The predicted octanol–water partition coefficient (Wildman–Crippen LogP) is 3.73. The van der Waals surface area contributed by atoms with Gasteiger partial charge in [0, 0.05) is 5.25 Å². The summed E-state index contributed by atoms with van der Waals surface area (Å²) in [6, 6.07) is 0. The van der Waals surface area contributed by atoms with E-state index in [9.17, 15) is 5.11 Å². The highest BCUT2D eigenvalue weighted by atomic mass is 33.1. The molecule has 1 nitrogen and oxygen atoms in total. The topological polar surface area (TPSA) is 20.2 Å². The molecule has 0 amide bonds. The van der Waals surface area contributed by atoms with Crippen molar-refractivity contribution in [2.75, 3.05) is 0 Å². The van der Waals surface area contributed by atoms with Crippen LogP contribution in [0.5, 0.6) is 0 Å². The molecule has 1 heterocycles. The lowest BCUT2D eigenvalue weighted by Gasteiger charge is -2.30. The summed E-state index contributed by atoms with van der Waals surface area (Å²) in [5, 5.41) is 11.0. The molecule has 1 N–H and O–H groups in total. The van der Waals surface area contributed by atoms with Gasteiger partial charge in [0.15, 0.2) is 5.09 Å². The molecule has 72 valence electrons. The lowest BCUT2D eigenvalue weighted by Crippen LogP contribution is -2.23. The molecule has 3 heteroatoms. The van der Waals surface area contributed by atoms with Crippen LogP contribution in [0.25, 0.3) is 0 Å². The Labute approximate surface area is 86.8 Å². The number of rotatable bonds is 0. The fourth-order valence-corrected chi connectivity index (χ4v) is 5.79. The molecule has 0 spiro atoms. The van der Waals surface area contributed by atoms with Crippen LogP contribution in [0, 0.1) is 11.8 Å². The predicted molar refractivity (Wildman–Crippen MR) is 58.7 cm³/mol. The number of aliphatic hydroxyl groups excluding tert-OH is 1. The van der Waals surface area contributed by atoms with E-state index in [4.69, 9.17) is 0 Å². The molecule has 3 unspecified atom stereocenters. The van der Waals surface area contributed by atoms with Crippen LogP contribution in [0.1, 0.15) is 32.1 Å². The van der Waals surface area contributed by atoms with Crippen molar-refractivity contribution in [1.29, 1.82) is 0 Å². The zero-order valence-electron chi connectivity index (χ0n) is 7.53. The number of hydrogen-bond acceptors (Lipinski definition) is 3. The van der Waals surface area contributed by atoms with Crippen LogP contribution in [0.15, 0.2) is 10.7 Å². The van der Waals surface area contributed by atoms with Crippen molar-refractivity contribution in [3.8, 4) is 0 Å². The van der Waals surface area contributed by atoms with Crippen molar-refractivity contribution in [1.82, 2.24) is 0 Å². The Morgan fingerprint density at radius 1 is 1.23 bits per heavy atom. The lowest BCUT2D eigenvalue weighted by molar-refractivity contribution is 0.318. The van der Waals surface area contributed by atoms with E-state index in [0.29, 0.717) is 10.3 Å². The highest BCUT2D eigenvalue weighted by molar-refractivity contribution is 8.78. The number of aliphatic hydroxyl groups is 1. The van der Waals surface area contributed by atoms with E-state index < -0.39 is 0 Å². The van der Waals surface area contributed by atoms with Crippen molar-refractivity contribution in [2.45, 2.75) is 37.4 Å². The van der Waals surface area contributed by atoms with Crippen LogP contribution in [0.3, 0.4) is 0 Å². The quantitative estimate of drug-likeness (QED) is 0.620. The zero-order chi connectivity index (χ0) is 8.84. The third kappa shape index (κ3) is 1.32. The molecule has 3 rings (SSSR count). The number of hydrogen-bond donors (Lipinski definition) is 1. The number of fused-ring (bicyclic) bond motifs is 2. The monoisotopic (exact) mass is 214 g/mol. The maximum atomic E-state index is 9.67. The Kier molecular flexibility index (Phi) is 2.05. The molecule has 3 aliphatic rings. The Bertz CT molecular complexity index is 262. The largest absolute Gasteiger partial charge is 0.502 e.